The zero-order valence-corrected chi connectivity index (χ0v) is 17.3. The van der Waals surface area contributed by atoms with E-state index in [0.717, 1.165) is 34.3 Å². The summed E-state index contributed by atoms with van der Waals surface area (Å²) in [4.78, 5) is 23.1. The minimum absolute atomic E-state index is 0.0406. The van der Waals surface area contributed by atoms with Crippen molar-refractivity contribution in [2.75, 3.05) is 17.2 Å². The van der Waals surface area contributed by atoms with Crippen LogP contribution in [0.4, 0.5) is 15.9 Å². The van der Waals surface area contributed by atoms with Gasteiger partial charge in [0.2, 0.25) is 5.91 Å². The van der Waals surface area contributed by atoms with Crippen LogP contribution in [0.3, 0.4) is 0 Å². The van der Waals surface area contributed by atoms with E-state index in [1.807, 2.05) is 25.2 Å². The van der Waals surface area contributed by atoms with Crippen LogP contribution in [-0.4, -0.2) is 32.2 Å². The van der Waals surface area contributed by atoms with Crippen molar-refractivity contribution in [3.05, 3.63) is 65.2 Å². The Hall–Kier alpha value is -3.81. The molecule has 5 rings (SSSR count). The Labute approximate surface area is 178 Å². The van der Waals surface area contributed by atoms with Crippen molar-refractivity contribution in [1.82, 2.24) is 19.7 Å². The molecular formula is C23H21FN6O. The molecule has 8 heteroatoms. The molecule has 0 bridgehead atoms. The van der Waals surface area contributed by atoms with Crippen molar-refractivity contribution in [3.63, 3.8) is 0 Å². The van der Waals surface area contributed by atoms with Crippen molar-refractivity contribution in [3.8, 4) is 11.3 Å². The van der Waals surface area contributed by atoms with E-state index >= 15 is 0 Å². The smallest absolute Gasteiger partial charge is 0.231 e. The molecule has 2 N–H and O–H groups in total. The standard InChI is InChI=1S/C23H21FN6O/c1-13-14(4-3-5-17(13)24)11-19(31)30-9-8-15-10-16(6-7-18(15)30)21-20-22(25)26-12-27-23(20)29(2)28-21/h3-7,10,12H,8-9,11H2,1-2H3,(H2,25,26,27). The van der Waals surface area contributed by atoms with Gasteiger partial charge in [-0.05, 0) is 48.2 Å². The lowest BCUT2D eigenvalue weighted by Crippen LogP contribution is -2.30. The fourth-order valence-electron chi connectivity index (χ4n) is 4.22. The number of aromatic nitrogens is 4. The van der Waals surface area contributed by atoms with Crippen molar-refractivity contribution >= 4 is 28.4 Å². The van der Waals surface area contributed by atoms with Crippen LogP contribution in [0.15, 0.2) is 42.7 Å². The summed E-state index contributed by atoms with van der Waals surface area (Å²) in [7, 11) is 1.82. The molecule has 0 radical (unpaired) electrons. The zero-order valence-electron chi connectivity index (χ0n) is 17.3. The van der Waals surface area contributed by atoms with E-state index < -0.39 is 0 Å². The van der Waals surface area contributed by atoms with Crippen molar-refractivity contribution < 1.29 is 9.18 Å². The second-order valence-corrected chi connectivity index (χ2v) is 7.77. The number of fused-ring (bicyclic) bond motifs is 2. The molecule has 1 aliphatic heterocycles. The van der Waals surface area contributed by atoms with Gasteiger partial charge in [-0.2, -0.15) is 5.10 Å². The average Bonchev–Trinajstić information content (AvgIpc) is 3.33. The molecule has 31 heavy (non-hydrogen) atoms. The molecule has 0 saturated heterocycles. The predicted molar refractivity (Wildman–Crippen MR) is 117 cm³/mol. The van der Waals surface area contributed by atoms with Crippen LogP contribution in [0.2, 0.25) is 0 Å². The molecule has 1 amide bonds. The normalized spacial score (nSPS) is 13.1. The van der Waals surface area contributed by atoms with Gasteiger partial charge in [0.1, 0.15) is 23.7 Å². The molecule has 0 spiro atoms. The second kappa shape index (κ2) is 7.16. The molecule has 0 fully saturated rings. The summed E-state index contributed by atoms with van der Waals surface area (Å²) >= 11 is 0. The number of aryl methyl sites for hydroxylation is 1. The number of nitrogen functional groups attached to an aromatic ring is 1. The van der Waals surface area contributed by atoms with Crippen LogP contribution in [0.5, 0.6) is 0 Å². The fraction of sp³-hybridized carbons (Fsp3) is 0.217. The molecule has 0 aliphatic carbocycles. The number of hydrogen-bond acceptors (Lipinski definition) is 5. The lowest BCUT2D eigenvalue weighted by molar-refractivity contribution is -0.117. The van der Waals surface area contributed by atoms with Gasteiger partial charge in [-0.15, -0.1) is 0 Å². The van der Waals surface area contributed by atoms with Crippen molar-refractivity contribution in [2.24, 2.45) is 7.05 Å². The largest absolute Gasteiger partial charge is 0.383 e. The van der Waals surface area contributed by atoms with Crippen LogP contribution in [0.25, 0.3) is 22.3 Å². The molecule has 2 aromatic heterocycles. The molecule has 156 valence electrons. The van der Waals surface area contributed by atoms with Gasteiger partial charge in [0.05, 0.1) is 11.8 Å². The minimum atomic E-state index is -0.289. The monoisotopic (exact) mass is 416 g/mol. The second-order valence-electron chi connectivity index (χ2n) is 7.77. The van der Waals surface area contributed by atoms with E-state index in [-0.39, 0.29) is 18.1 Å². The highest BCUT2D eigenvalue weighted by Gasteiger charge is 2.26. The van der Waals surface area contributed by atoms with Gasteiger partial charge in [0, 0.05) is 24.8 Å². The summed E-state index contributed by atoms with van der Waals surface area (Å²) in [6, 6.07) is 10.8. The molecule has 4 aromatic rings. The zero-order chi connectivity index (χ0) is 21.7. The van der Waals surface area contributed by atoms with Gasteiger partial charge in [-0.1, -0.05) is 18.2 Å². The molecule has 0 unspecified atom stereocenters. The van der Waals surface area contributed by atoms with Gasteiger partial charge in [-0.25, -0.2) is 19.0 Å². The number of amides is 1. The lowest BCUT2D eigenvalue weighted by Gasteiger charge is -2.18. The third-order valence-corrected chi connectivity index (χ3v) is 5.92. The Bertz CT molecular complexity index is 1350. The summed E-state index contributed by atoms with van der Waals surface area (Å²) in [5.41, 5.74) is 11.6. The molecule has 1 aliphatic rings. The first-order chi connectivity index (χ1) is 14.9. The molecule has 2 aromatic carbocycles. The number of carbonyl (C=O) groups is 1. The quantitative estimate of drug-likeness (QED) is 0.554. The highest BCUT2D eigenvalue weighted by molar-refractivity contribution is 6.00. The van der Waals surface area contributed by atoms with E-state index in [1.54, 1.807) is 28.6 Å². The van der Waals surface area contributed by atoms with E-state index in [0.29, 0.717) is 29.1 Å². The van der Waals surface area contributed by atoms with Crippen LogP contribution >= 0.6 is 0 Å². The predicted octanol–water partition coefficient (Wildman–Crippen LogP) is 3.19. The molecule has 0 atom stereocenters. The van der Waals surface area contributed by atoms with Crippen LogP contribution in [-0.2, 0) is 24.7 Å². The number of halogens is 1. The highest BCUT2D eigenvalue weighted by atomic mass is 19.1. The Morgan fingerprint density at radius 3 is 2.90 bits per heavy atom. The summed E-state index contributed by atoms with van der Waals surface area (Å²) < 4.78 is 15.5. The highest BCUT2D eigenvalue weighted by Crippen LogP contribution is 2.35. The number of anilines is 2. The average molecular weight is 416 g/mol. The van der Waals surface area contributed by atoms with E-state index in [9.17, 15) is 9.18 Å². The Kier molecular flexibility index (Phi) is 4.43. The van der Waals surface area contributed by atoms with E-state index in [1.165, 1.54) is 12.4 Å². The number of nitrogens with zero attached hydrogens (tertiary/aromatic N) is 5. The van der Waals surface area contributed by atoms with Gasteiger partial charge >= 0.3 is 0 Å². The topological polar surface area (TPSA) is 89.9 Å². The van der Waals surface area contributed by atoms with Crippen LogP contribution < -0.4 is 10.6 Å². The number of rotatable bonds is 3. The third kappa shape index (κ3) is 3.11. The Balaban J connectivity index is 1.47. The first kappa shape index (κ1) is 19.2. The summed E-state index contributed by atoms with van der Waals surface area (Å²) in [6.07, 6.45) is 2.34. The number of carbonyl (C=O) groups excluding carboxylic acids is 1. The number of nitrogens with two attached hydrogens (primary N) is 1. The maximum atomic E-state index is 13.8. The number of hydrogen-bond donors (Lipinski definition) is 1. The Morgan fingerprint density at radius 2 is 2.06 bits per heavy atom. The van der Waals surface area contributed by atoms with E-state index in [2.05, 4.69) is 15.1 Å². The summed E-state index contributed by atoms with van der Waals surface area (Å²) in [6.45, 7) is 2.30. The van der Waals surface area contributed by atoms with Crippen molar-refractivity contribution in [1.29, 1.82) is 0 Å². The first-order valence-electron chi connectivity index (χ1n) is 10.0. The summed E-state index contributed by atoms with van der Waals surface area (Å²) in [5.74, 6) is 0.0552. The molecule has 3 heterocycles. The maximum absolute atomic E-state index is 13.8. The van der Waals surface area contributed by atoms with Gasteiger partial charge in [0.25, 0.3) is 0 Å². The fourth-order valence-corrected chi connectivity index (χ4v) is 4.22. The van der Waals surface area contributed by atoms with Gasteiger partial charge < -0.3 is 10.6 Å². The summed E-state index contributed by atoms with van der Waals surface area (Å²) in [5, 5.41) is 5.31. The SMILES string of the molecule is Cc1c(F)cccc1CC(=O)N1CCc2cc(-c3nn(C)c4ncnc(N)c34)ccc21. The van der Waals surface area contributed by atoms with Crippen LogP contribution in [0, 0.1) is 12.7 Å². The van der Waals surface area contributed by atoms with Gasteiger partial charge in [0.15, 0.2) is 5.65 Å². The minimum Gasteiger partial charge on any atom is -0.383 e. The molecule has 7 nitrogen and oxygen atoms in total. The third-order valence-electron chi connectivity index (χ3n) is 5.92. The van der Waals surface area contributed by atoms with Crippen molar-refractivity contribution in [2.45, 2.75) is 19.8 Å². The van der Waals surface area contributed by atoms with Crippen LogP contribution in [0.1, 0.15) is 16.7 Å². The Morgan fingerprint density at radius 1 is 1.23 bits per heavy atom. The molecular weight excluding hydrogens is 395 g/mol. The number of benzene rings is 2. The molecule has 0 saturated carbocycles. The maximum Gasteiger partial charge on any atom is 0.231 e. The lowest BCUT2D eigenvalue weighted by atomic mass is 10.0. The van der Waals surface area contributed by atoms with Gasteiger partial charge in [-0.3, -0.25) is 4.79 Å². The van der Waals surface area contributed by atoms with E-state index in [4.69, 9.17) is 5.73 Å². The first-order valence-corrected chi connectivity index (χ1v) is 10.0.